The van der Waals surface area contributed by atoms with Crippen LogP contribution in [0.1, 0.15) is 23.9 Å². The SMILES string of the molecule is CCOC(=O)CN1C(=O)S/C(=C\c2cc(C)n(-c3ccc(F)cc3)c2C)C1=O. The van der Waals surface area contributed by atoms with E-state index in [-0.39, 0.29) is 17.3 Å². The second kappa shape index (κ2) is 8.02. The molecule has 0 unspecified atom stereocenters. The third kappa shape index (κ3) is 3.87. The molecule has 1 aliphatic rings. The van der Waals surface area contributed by atoms with Gasteiger partial charge in [0.1, 0.15) is 12.4 Å². The molecule has 1 aromatic heterocycles. The molecule has 2 amide bonds. The maximum atomic E-state index is 13.2. The lowest BCUT2D eigenvalue weighted by Gasteiger charge is -2.10. The minimum absolute atomic E-state index is 0.181. The van der Waals surface area contributed by atoms with Gasteiger partial charge >= 0.3 is 5.97 Å². The van der Waals surface area contributed by atoms with Crippen molar-refractivity contribution in [1.82, 2.24) is 9.47 Å². The second-order valence-electron chi connectivity index (χ2n) is 6.21. The van der Waals surface area contributed by atoms with E-state index in [9.17, 15) is 18.8 Å². The third-order valence-corrected chi connectivity index (χ3v) is 5.22. The first kappa shape index (κ1) is 19.9. The Morgan fingerprint density at radius 1 is 1.21 bits per heavy atom. The highest BCUT2D eigenvalue weighted by Gasteiger charge is 2.36. The van der Waals surface area contributed by atoms with Crippen molar-refractivity contribution in [3.05, 3.63) is 58.0 Å². The lowest BCUT2D eigenvalue weighted by atomic mass is 10.2. The van der Waals surface area contributed by atoms with Crippen molar-refractivity contribution in [1.29, 1.82) is 0 Å². The Bertz CT molecular complexity index is 979. The molecule has 146 valence electrons. The number of aryl methyl sites for hydroxylation is 1. The molecule has 0 N–H and O–H groups in total. The molecule has 2 aromatic rings. The Labute approximate surface area is 166 Å². The van der Waals surface area contributed by atoms with Crippen LogP contribution in [0.15, 0.2) is 35.2 Å². The van der Waals surface area contributed by atoms with Crippen molar-refractivity contribution in [3.8, 4) is 5.69 Å². The Hall–Kier alpha value is -2.87. The summed E-state index contributed by atoms with van der Waals surface area (Å²) in [5, 5.41) is -0.503. The van der Waals surface area contributed by atoms with Crippen molar-refractivity contribution in [2.75, 3.05) is 13.2 Å². The normalized spacial score (nSPS) is 15.6. The van der Waals surface area contributed by atoms with Crippen LogP contribution < -0.4 is 0 Å². The summed E-state index contributed by atoms with van der Waals surface area (Å²) in [5.74, 6) is -1.46. The first-order chi connectivity index (χ1) is 13.3. The average molecular weight is 402 g/mol. The van der Waals surface area contributed by atoms with Crippen LogP contribution >= 0.6 is 11.8 Å². The molecule has 1 fully saturated rings. The van der Waals surface area contributed by atoms with Gasteiger partial charge in [-0.2, -0.15) is 0 Å². The molecular formula is C20H19FN2O4S. The van der Waals surface area contributed by atoms with Crippen molar-refractivity contribution in [3.63, 3.8) is 0 Å². The number of hydrogen-bond acceptors (Lipinski definition) is 5. The van der Waals surface area contributed by atoms with E-state index in [0.717, 1.165) is 39.3 Å². The van der Waals surface area contributed by atoms with Crippen molar-refractivity contribution in [2.24, 2.45) is 0 Å². The first-order valence-corrected chi connectivity index (χ1v) is 9.49. The third-order valence-electron chi connectivity index (χ3n) is 4.31. The fraction of sp³-hybridized carbons (Fsp3) is 0.250. The van der Waals surface area contributed by atoms with Gasteiger partial charge in [-0.25, -0.2) is 4.39 Å². The van der Waals surface area contributed by atoms with Gasteiger partial charge in [-0.05, 0) is 74.5 Å². The van der Waals surface area contributed by atoms with Gasteiger partial charge < -0.3 is 9.30 Å². The number of carbonyl (C=O) groups is 3. The average Bonchev–Trinajstić information content (AvgIpc) is 3.06. The summed E-state index contributed by atoms with van der Waals surface area (Å²) in [7, 11) is 0. The standard InChI is InChI=1S/C20H19FN2O4S/c1-4-27-18(24)11-22-19(25)17(28-20(22)26)10-14-9-12(2)23(13(14)3)16-7-5-15(21)6-8-16/h5-10H,4,11H2,1-3H3/b17-10-. The summed E-state index contributed by atoms with van der Waals surface area (Å²) in [6.45, 7) is 5.22. The van der Waals surface area contributed by atoms with Gasteiger partial charge in [0.15, 0.2) is 0 Å². The molecule has 28 heavy (non-hydrogen) atoms. The number of thioether (sulfide) groups is 1. The zero-order valence-corrected chi connectivity index (χ0v) is 16.5. The van der Waals surface area contributed by atoms with Crippen LogP contribution in [0.25, 0.3) is 11.8 Å². The second-order valence-corrected chi connectivity index (χ2v) is 7.20. The Balaban J connectivity index is 1.89. The molecule has 1 aliphatic heterocycles. The number of esters is 1. The fourth-order valence-corrected chi connectivity index (χ4v) is 3.86. The summed E-state index contributed by atoms with van der Waals surface area (Å²) >= 11 is 0.790. The van der Waals surface area contributed by atoms with E-state index in [0.29, 0.717) is 0 Å². The van der Waals surface area contributed by atoms with E-state index in [1.165, 1.54) is 12.1 Å². The van der Waals surface area contributed by atoms with Crippen LogP contribution in [0.5, 0.6) is 0 Å². The molecule has 0 aliphatic carbocycles. The van der Waals surface area contributed by atoms with Crippen LogP contribution in [0.3, 0.4) is 0 Å². The van der Waals surface area contributed by atoms with Crippen LogP contribution in [0.4, 0.5) is 9.18 Å². The monoisotopic (exact) mass is 402 g/mol. The highest BCUT2D eigenvalue weighted by Crippen LogP contribution is 2.33. The quantitative estimate of drug-likeness (QED) is 0.562. The van der Waals surface area contributed by atoms with Gasteiger partial charge in [0, 0.05) is 17.1 Å². The van der Waals surface area contributed by atoms with E-state index in [2.05, 4.69) is 0 Å². The van der Waals surface area contributed by atoms with E-state index >= 15 is 0 Å². The van der Waals surface area contributed by atoms with Gasteiger partial charge in [0.2, 0.25) is 0 Å². The minimum Gasteiger partial charge on any atom is -0.465 e. The summed E-state index contributed by atoms with van der Waals surface area (Å²) in [6.07, 6.45) is 1.64. The Morgan fingerprint density at radius 2 is 1.89 bits per heavy atom. The number of imide groups is 1. The highest BCUT2D eigenvalue weighted by molar-refractivity contribution is 8.18. The molecular weight excluding hydrogens is 383 g/mol. The summed E-state index contributed by atoms with van der Waals surface area (Å²) in [6, 6.07) is 8.00. The smallest absolute Gasteiger partial charge is 0.326 e. The van der Waals surface area contributed by atoms with Crippen molar-refractivity contribution in [2.45, 2.75) is 20.8 Å². The zero-order chi connectivity index (χ0) is 20.4. The van der Waals surface area contributed by atoms with E-state index in [1.807, 2.05) is 24.5 Å². The number of benzene rings is 1. The number of nitrogens with zero attached hydrogens (tertiary/aromatic N) is 2. The molecule has 0 radical (unpaired) electrons. The van der Waals surface area contributed by atoms with Gasteiger partial charge in [0.25, 0.3) is 11.1 Å². The molecule has 0 atom stereocenters. The van der Waals surface area contributed by atoms with Gasteiger partial charge in [-0.1, -0.05) is 0 Å². The number of carbonyl (C=O) groups excluding carboxylic acids is 3. The number of ether oxygens (including phenoxy) is 1. The maximum absolute atomic E-state index is 13.2. The minimum atomic E-state index is -0.625. The van der Waals surface area contributed by atoms with Gasteiger partial charge in [0.05, 0.1) is 11.5 Å². The van der Waals surface area contributed by atoms with E-state index in [4.69, 9.17) is 4.74 Å². The number of rotatable bonds is 5. The Morgan fingerprint density at radius 3 is 2.54 bits per heavy atom. The summed E-state index contributed by atoms with van der Waals surface area (Å²) < 4.78 is 20.0. The molecule has 2 heterocycles. The van der Waals surface area contributed by atoms with Crippen LogP contribution in [0.2, 0.25) is 0 Å². The summed E-state index contributed by atoms with van der Waals surface area (Å²) in [4.78, 5) is 37.4. The number of amides is 2. The van der Waals surface area contributed by atoms with Gasteiger partial charge in [-0.3, -0.25) is 19.3 Å². The number of hydrogen-bond donors (Lipinski definition) is 0. The molecule has 6 nitrogen and oxygen atoms in total. The predicted molar refractivity (Wildman–Crippen MR) is 105 cm³/mol. The predicted octanol–water partition coefficient (Wildman–Crippen LogP) is 3.83. The molecule has 0 bridgehead atoms. The number of halogens is 1. The lowest BCUT2D eigenvalue weighted by Crippen LogP contribution is -2.34. The molecule has 1 saturated heterocycles. The first-order valence-electron chi connectivity index (χ1n) is 8.67. The zero-order valence-electron chi connectivity index (χ0n) is 15.7. The lowest BCUT2D eigenvalue weighted by molar-refractivity contribution is -0.145. The Kier molecular flexibility index (Phi) is 5.69. The molecule has 8 heteroatoms. The van der Waals surface area contributed by atoms with Crippen LogP contribution in [-0.2, 0) is 14.3 Å². The fourth-order valence-electron chi connectivity index (χ4n) is 3.03. The van der Waals surface area contributed by atoms with Crippen LogP contribution in [0, 0.1) is 19.7 Å². The largest absolute Gasteiger partial charge is 0.465 e. The topological polar surface area (TPSA) is 68.6 Å². The molecule has 0 saturated carbocycles. The van der Waals surface area contributed by atoms with Crippen LogP contribution in [-0.4, -0.2) is 39.7 Å². The van der Waals surface area contributed by atoms with E-state index in [1.54, 1.807) is 25.1 Å². The molecule has 1 aromatic carbocycles. The van der Waals surface area contributed by atoms with Crippen molar-refractivity contribution >= 4 is 35.0 Å². The highest BCUT2D eigenvalue weighted by atomic mass is 32.2. The van der Waals surface area contributed by atoms with Gasteiger partial charge in [-0.15, -0.1) is 0 Å². The molecule has 0 spiro atoms. The summed E-state index contributed by atoms with van der Waals surface area (Å²) in [5.41, 5.74) is 3.32. The van der Waals surface area contributed by atoms with Crippen molar-refractivity contribution < 1.29 is 23.5 Å². The molecule has 3 rings (SSSR count). The van der Waals surface area contributed by atoms with E-state index < -0.39 is 23.7 Å². The number of aromatic nitrogens is 1. The maximum Gasteiger partial charge on any atom is 0.326 e.